The molecule has 3 aliphatic heterocycles. The van der Waals surface area contributed by atoms with Crippen LogP contribution < -0.4 is 4.90 Å². The highest BCUT2D eigenvalue weighted by molar-refractivity contribution is 7.19. The Labute approximate surface area is 218 Å². The second-order valence-corrected chi connectivity index (χ2v) is 11.5. The molecule has 3 fully saturated rings. The minimum absolute atomic E-state index is 0.320. The quantitative estimate of drug-likeness (QED) is 0.417. The molecule has 0 radical (unpaired) electrons. The summed E-state index contributed by atoms with van der Waals surface area (Å²) >= 11 is 1.74. The van der Waals surface area contributed by atoms with Gasteiger partial charge in [0.05, 0.1) is 29.0 Å². The van der Waals surface area contributed by atoms with Gasteiger partial charge in [-0.3, -0.25) is 9.80 Å². The van der Waals surface area contributed by atoms with E-state index in [1.54, 1.807) is 17.4 Å². The first kappa shape index (κ1) is 23.5. The van der Waals surface area contributed by atoms with E-state index in [0.29, 0.717) is 43.7 Å². The van der Waals surface area contributed by atoms with Crippen molar-refractivity contribution in [2.24, 2.45) is 0 Å². The van der Waals surface area contributed by atoms with Crippen LogP contribution in [-0.2, 0) is 11.3 Å². The molecule has 7 nitrogen and oxygen atoms in total. The lowest BCUT2D eigenvalue weighted by atomic mass is 9.99. The highest BCUT2D eigenvalue weighted by Crippen LogP contribution is 2.37. The minimum Gasteiger partial charge on any atom is -0.378 e. The summed E-state index contributed by atoms with van der Waals surface area (Å²) < 4.78 is 35.1. The molecule has 0 aliphatic carbocycles. The molecule has 4 aromatic rings. The molecule has 0 bridgehead atoms. The Balaban J connectivity index is 1.21. The number of ether oxygens (including phenoxy) is 1. The summed E-state index contributed by atoms with van der Waals surface area (Å²) in [6, 6.07) is 7.77. The van der Waals surface area contributed by atoms with Crippen LogP contribution in [0.15, 0.2) is 30.5 Å². The highest BCUT2D eigenvalue weighted by Gasteiger charge is 2.34. The number of nitrogens with zero attached hydrogens (tertiary/aromatic N) is 5. The number of alkyl halides is 1. The van der Waals surface area contributed by atoms with Crippen LogP contribution in [0.5, 0.6) is 0 Å². The van der Waals surface area contributed by atoms with E-state index in [9.17, 15) is 4.39 Å². The summed E-state index contributed by atoms with van der Waals surface area (Å²) in [7, 11) is 0. The van der Waals surface area contributed by atoms with Crippen molar-refractivity contribution in [3.63, 3.8) is 0 Å². The zero-order chi connectivity index (χ0) is 24.9. The predicted octanol–water partition coefficient (Wildman–Crippen LogP) is 4.43. The van der Waals surface area contributed by atoms with E-state index >= 15 is 4.39 Å². The Bertz CT molecular complexity index is 1420. The number of aromatic nitrogens is 3. The van der Waals surface area contributed by atoms with Gasteiger partial charge in [-0.25, -0.2) is 18.7 Å². The Hall–Kier alpha value is -2.66. The number of H-pyrrole nitrogens is 1. The molecule has 194 valence electrons. The van der Waals surface area contributed by atoms with E-state index in [0.717, 1.165) is 72.5 Å². The van der Waals surface area contributed by atoms with Crippen LogP contribution in [0.25, 0.3) is 32.5 Å². The van der Waals surface area contributed by atoms with E-state index in [1.807, 2.05) is 12.3 Å². The van der Waals surface area contributed by atoms with Crippen molar-refractivity contribution in [2.75, 3.05) is 57.4 Å². The monoisotopic (exact) mass is 524 g/mol. The molecule has 0 spiro atoms. The molecule has 0 saturated carbocycles. The minimum atomic E-state index is -0.638. The summed E-state index contributed by atoms with van der Waals surface area (Å²) in [6.07, 6.45) is 3.35. The molecule has 37 heavy (non-hydrogen) atoms. The van der Waals surface area contributed by atoms with E-state index in [2.05, 4.69) is 25.8 Å². The zero-order valence-electron chi connectivity index (χ0n) is 20.6. The molecular formula is C27H30F2N6OS. The Morgan fingerprint density at radius 3 is 2.65 bits per heavy atom. The van der Waals surface area contributed by atoms with Crippen LogP contribution in [0.3, 0.4) is 0 Å². The standard InChI is InChI=1S/C27H30F2N6OS/c28-17-14-35(15-17)18-4-7-33(8-5-18)16-19-13-23-25(37-19)27(34-9-11-36-12-10-34)32-26(31-23)24-20-3-6-30-22(20)2-1-21(24)29/h1-3,6,13,17-18,30H,4-5,7-12,14-16H2. The van der Waals surface area contributed by atoms with Crippen molar-refractivity contribution in [3.05, 3.63) is 41.2 Å². The first-order valence-electron chi connectivity index (χ1n) is 13.1. The van der Waals surface area contributed by atoms with Gasteiger partial charge in [-0.2, -0.15) is 0 Å². The van der Waals surface area contributed by atoms with Crippen molar-refractivity contribution in [2.45, 2.75) is 31.6 Å². The van der Waals surface area contributed by atoms with Gasteiger partial charge in [0.1, 0.15) is 12.0 Å². The van der Waals surface area contributed by atoms with Gasteiger partial charge in [-0.05, 0) is 37.1 Å². The number of thiophene rings is 1. The number of hydrogen-bond donors (Lipinski definition) is 1. The Kier molecular flexibility index (Phi) is 6.07. The predicted molar refractivity (Wildman–Crippen MR) is 142 cm³/mol. The SMILES string of the molecule is Fc1ccc2[nH]ccc2c1-c1nc(N2CCOCC2)c2sc(CN3CCC(N4CC(F)C4)CC3)cc2n1. The summed E-state index contributed by atoms with van der Waals surface area (Å²) in [6.45, 7) is 6.89. The number of halogens is 2. The number of hydrogen-bond acceptors (Lipinski definition) is 7. The molecule has 0 atom stereocenters. The first-order valence-corrected chi connectivity index (χ1v) is 13.9. The third-order valence-corrected chi connectivity index (χ3v) is 9.05. The number of anilines is 1. The molecule has 0 unspecified atom stereocenters. The fourth-order valence-corrected chi connectivity index (χ4v) is 7.05. The molecule has 6 heterocycles. The molecule has 1 aromatic carbocycles. The van der Waals surface area contributed by atoms with E-state index in [1.165, 1.54) is 10.9 Å². The second kappa shape index (κ2) is 9.58. The summed E-state index contributed by atoms with van der Waals surface area (Å²) in [4.78, 5) is 21.3. The van der Waals surface area contributed by atoms with Crippen molar-refractivity contribution in [1.29, 1.82) is 0 Å². The Morgan fingerprint density at radius 1 is 1.05 bits per heavy atom. The van der Waals surface area contributed by atoms with Crippen LogP contribution in [-0.4, -0.2) is 89.4 Å². The number of likely N-dealkylation sites (tertiary alicyclic amines) is 2. The number of morpholine rings is 1. The highest BCUT2D eigenvalue weighted by atomic mass is 32.1. The van der Waals surface area contributed by atoms with Crippen molar-refractivity contribution in [1.82, 2.24) is 24.8 Å². The average Bonchev–Trinajstić information content (AvgIpc) is 3.54. The van der Waals surface area contributed by atoms with Gasteiger partial charge >= 0.3 is 0 Å². The maximum absolute atomic E-state index is 15.2. The number of aromatic amines is 1. The molecule has 3 aliphatic rings. The molecule has 7 rings (SSSR count). The molecule has 3 saturated heterocycles. The average molecular weight is 525 g/mol. The number of nitrogens with one attached hydrogen (secondary N) is 1. The van der Waals surface area contributed by atoms with Gasteiger partial charge in [-0.15, -0.1) is 11.3 Å². The largest absolute Gasteiger partial charge is 0.378 e. The normalized spacial score (nSPS) is 20.8. The summed E-state index contributed by atoms with van der Waals surface area (Å²) in [5.74, 6) is 0.963. The fraction of sp³-hybridized carbons (Fsp3) is 0.481. The van der Waals surface area contributed by atoms with Gasteiger partial charge in [0, 0.05) is 73.8 Å². The van der Waals surface area contributed by atoms with Gasteiger partial charge < -0.3 is 14.6 Å². The van der Waals surface area contributed by atoms with Gasteiger partial charge in [0.25, 0.3) is 0 Å². The van der Waals surface area contributed by atoms with Crippen molar-refractivity contribution >= 4 is 38.3 Å². The second-order valence-electron chi connectivity index (χ2n) is 10.3. The number of piperidine rings is 1. The molecule has 3 aromatic heterocycles. The maximum Gasteiger partial charge on any atom is 0.165 e. The smallest absolute Gasteiger partial charge is 0.165 e. The van der Waals surface area contributed by atoms with Gasteiger partial charge in [0.15, 0.2) is 11.6 Å². The number of benzene rings is 1. The fourth-order valence-electron chi connectivity index (χ4n) is 5.89. The molecule has 1 N–H and O–H groups in total. The van der Waals surface area contributed by atoms with Gasteiger partial charge in [-0.1, -0.05) is 0 Å². The van der Waals surface area contributed by atoms with Crippen molar-refractivity contribution in [3.8, 4) is 11.4 Å². The number of rotatable bonds is 5. The van der Waals surface area contributed by atoms with Crippen LogP contribution in [0.1, 0.15) is 17.7 Å². The van der Waals surface area contributed by atoms with Crippen LogP contribution in [0, 0.1) is 5.82 Å². The summed E-state index contributed by atoms with van der Waals surface area (Å²) in [5, 5.41) is 0.784. The lowest BCUT2D eigenvalue weighted by Crippen LogP contribution is -2.56. The van der Waals surface area contributed by atoms with Crippen LogP contribution in [0.2, 0.25) is 0 Å². The van der Waals surface area contributed by atoms with E-state index < -0.39 is 6.17 Å². The van der Waals surface area contributed by atoms with Crippen molar-refractivity contribution < 1.29 is 13.5 Å². The Morgan fingerprint density at radius 2 is 1.86 bits per heavy atom. The van der Waals surface area contributed by atoms with E-state index in [4.69, 9.17) is 14.7 Å². The molecular weight excluding hydrogens is 494 g/mol. The third kappa shape index (κ3) is 4.39. The lowest BCUT2D eigenvalue weighted by molar-refractivity contribution is 0.00133. The molecule has 10 heteroatoms. The summed E-state index contributed by atoms with van der Waals surface area (Å²) in [5.41, 5.74) is 2.16. The van der Waals surface area contributed by atoms with E-state index in [-0.39, 0.29) is 5.82 Å². The van der Waals surface area contributed by atoms with Crippen LogP contribution >= 0.6 is 11.3 Å². The lowest BCUT2D eigenvalue weighted by Gasteiger charge is -2.44. The third-order valence-electron chi connectivity index (χ3n) is 7.94. The van der Waals surface area contributed by atoms with Gasteiger partial charge in [0.2, 0.25) is 0 Å². The first-order chi connectivity index (χ1) is 18.1. The maximum atomic E-state index is 15.2. The van der Waals surface area contributed by atoms with Crippen LogP contribution in [0.4, 0.5) is 14.6 Å². The zero-order valence-corrected chi connectivity index (χ0v) is 21.4. The topological polar surface area (TPSA) is 60.5 Å². The number of fused-ring (bicyclic) bond motifs is 2. The molecule has 0 amide bonds.